The van der Waals surface area contributed by atoms with Crippen LogP contribution in [0.1, 0.15) is 47.6 Å². The van der Waals surface area contributed by atoms with E-state index in [1.54, 1.807) is 4.52 Å². The first-order chi connectivity index (χ1) is 13.4. The van der Waals surface area contributed by atoms with Crippen LogP contribution in [0.25, 0.3) is 5.78 Å². The van der Waals surface area contributed by atoms with E-state index in [1.807, 2.05) is 20.8 Å². The second-order valence-corrected chi connectivity index (χ2v) is 7.33. The Morgan fingerprint density at radius 2 is 1.86 bits per heavy atom. The number of hydrogen-bond donors (Lipinski definition) is 0. The molecule has 0 saturated heterocycles. The Bertz CT molecular complexity index is 1020. The van der Waals surface area contributed by atoms with Crippen LogP contribution in [0.2, 0.25) is 0 Å². The summed E-state index contributed by atoms with van der Waals surface area (Å²) in [5.41, 5.74) is 4.76. The van der Waals surface area contributed by atoms with Gasteiger partial charge in [0.2, 0.25) is 0 Å². The summed E-state index contributed by atoms with van der Waals surface area (Å²) in [6.07, 6.45) is 0.857. The Balaban J connectivity index is 1.66. The molecule has 1 aliphatic rings. The molecule has 0 aromatic carbocycles. The standard InChI is InChI=1S/C20H22F2N6/c1-12-4-5-27(9-15-6-13(2)25-14(3)7-15)10-16(12)18-8-17(19(21)22)26-20-23-11-24-28(18)20/h4,6-8,11,16,19H,5,9-10H2,1-3H3/t16-/m1/s1. The van der Waals surface area contributed by atoms with Crippen LogP contribution >= 0.6 is 0 Å². The fourth-order valence-corrected chi connectivity index (χ4v) is 3.83. The number of fused-ring (bicyclic) bond motifs is 1. The Kier molecular flexibility index (Phi) is 4.89. The van der Waals surface area contributed by atoms with Gasteiger partial charge in [-0.1, -0.05) is 11.6 Å². The van der Waals surface area contributed by atoms with Gasteiger partial charge >= 0.3 is 0 Å². The lowest BCUT2D eigenvalue weighted by Gasteiger charge is -2.32. The number of aromatic nitrogens is 5. The van der Waals surface area contributed by atoms with E-state index < -0.39 is 6.43 Å². The molecular formula is C20H22F2N6. The lowest BCUT2D eigenvalue weighted by Crippen LogP contribution is -2.34. The van der Waals surface area contributed by atoms with Gasteiger partial charge in [-0.2, -0.15) is 10.1 Å². The van der Waals surface area contributed by atoms with Crippen LogP contribution in [0.5, 0.6) is 0 Å². The summed E-state index contributed by atoms with van der Waals surface area (Å²) in [5, 5.41) is 4.21. The van der Waals surface area contributed by atoms with Gasteiger partial charge in [0.1, 0.15) is 12.0 Å². The average molecular weight is 384 g/mol. The van der Waals surface area contributed by atoms with Gasteiger partial charge in [0.25, 0.3) is 12.2 Å². The molecule has 4 rings (SSSR count). The number of pyridine rings is 1. The molecule has 0 bridgehead atoms. The second-order valence-electron chi connectivity index (χ2n) is 7.33. The molecule has 28 heavy (non-hydrogen) atoms. The van der Waals surface area contributed by atoms with E-state index in [9.17, 15) is 8.78 Å². The van der Waals surface area contributed by atoms with E-state index in [1.165, 1.54) is 18.0 Å². The Hall–Kier alpha value is -2.74. The number of alkyl halides is 2. The van der Waals surface area contributed by atoms with Crippen LogP contribution in [-0.4, -0.2) is 42.6 Å². The van der Waals surface area contributed by atoms with Crippen molar-refractivity contribution in [1.82, 2.24) is 29.5 Å². The number of aryl methyl sites for hydroxylation is 2. The van der Waals surface area contributed by atoms with Crippen LogP contribution in [0.4, 0.5) is 8.78 Å². The molecule has 8 heteroatoms. The molecule has 0 radical (unpaired) electrons. The van der Waals surface area contributed by atoms with E-state index in [0.717, 1.165) is 30.1 Å². The molecule has 6 nitrogen and oxygen atoms in total. The molecule has 0 spiro atoms. The molecule has 1 aliphatic heterocycles. The predicted octanol–water partition coefficient (Wildman–Crippen LogP) is 3.62. The molecule has 4 heterocycles. The summed E-state index contributed by atoms with van der Waals surface area (Å²) >= 11 is 0. The normalized spacial score (nSPS) is 18.1. The maximum Gasteiger partial charge on any atom is 0.280 e. The second kappa shape index (κ2) is 7.35. The molecular weight excluding hydrogens is 362 g/mol. The monoisotopic (exact) mass is 384 g/mol. The summed E-state index contributed by atoms with van der Waals surface area (Å²) in [4.78, 5) is 14.7. The number of nitrogens with zero attached hydrogens (tertiary/aromatic N) is 6. The van der Waals surface area contributed by atoms with Crippen molar-refractivity contribution in [2.45, 2.75) is 39.7 Å². The minimum atomic E-state index is -2.65. The van der Waals surface area contributed by atoms with Crippen LogP contribution in [0, 0.1) is 13.8 Å². The zero-order chi connectivity index (χ0) is 19.8. The van der Waals surface area contributed by atoms with Gasteiger partial charge in [-0.3, -0.25) is 9.88 Å². The lowest BCUT2D eigenvalue weighted by atomic mass is 9.92. The molecule has 0 fully saturated rings. The van der Waals surface area contributed by atoms with Gasteiger partial charge in [-0.25, -0.2) is 18.3 Å². The summed E-state index contributed by atoms with van der Waals surface area (Å²) in [6, 6.07) is 5.63. The highest BCUT2D eigenvalue weighted by molar-refractivity contribution is 5.36. The highest BCUT2D eigenvalue weighted by atomic mass is 19.3. The van der Waals surface area contributed by atoms with Crippen molar-refractivity contribution in [1.29, 1.82) is 0 Å². The molecule has 1 atom stereocenters. The van der Waals surface area contributed by atoms with Crippen molar-refractivity contribution in [2.24, 2.45) is 0 Å². The Morgan fingerprint density at radius 1 is 1.11 bits per heavy atom. The minimum Gasteiger partial charge on any atom is -0.294 e. The molecule has 3 aromatic heterocycles. The van der Waals surface area contributed by atoms with Gasteiger partial charge in [0.05, 0.1) is 5.69 Å². The van der Waals surface area contributed by atoms with E-state index in [-0.39, 0.29) is 17.4 Å². The quantitative estimate of drug-likeness (QED) is 0.643. The SMILES string of the molecule is CC1=CCN(Cc2cc(C)nc(C)c2)C[C@H]1c1cc(C(F)F)nc2ncnn12. The third kappa shape index (κ3) is 3.64. The van der Waals surface area contributed by atoms with Gasteiger partial charge < -0.3 is 0 Å². The van der Waals surface area contributed by atoms with Gasteiger partial charge in [-0.15, -0.1) is 0 Å². The summed E-state index contributed by atoms with van der Waals surface area (Å²) < 4.78 is 28.2. The molecule has 0 aliphatic carbocycles. The summed E-state index contributed by atoms with van der Waals surface area (Å²) in [5.74, 6) is 0.153. The third-order valence-electron chi connectivity index (χ3n) is 5.09. The third-order valence-corrected chi connectivity index (χ3v) is 5.09. The molecule has 0 unspecified atom stereocenters. The Morgan fingerprint density at radius 3 is 2.57 bits per heavy atom. The molecule has 146 valence electrons. The highest BCUT2D eigenvalue weighted by Crippen LogP contribution is 2.31. The molecule has 0 amide bonds. The van der Waals surface area contributed by atoms with Crippen LogP contribution in [-0.2, 0) is 6.54 Å². The predicted molar refractivity (Wildman–Crippen MR) is 101 cm³/mol. The average Bonchev–Trinajstić information content (AvgIpc) is 3.10. The number of rotatable bonds is 4. The van der Waals surface area contributed by atoms with Crippen LogP contribution in [0.3, 0.4) is 0 Å². The Labute approximate surface area is 161 Å². The maximum absolute atomic E-state index is 13.3. The first kappa shape index (κ1) is 18.6. The number of hydrogen-bond acceptors (Lipinski definition) is 5. The van der Waals surface area contributed by atoms with Crippen molar-refractivity contribution in [3.63, 3.8) is 0 Å². The fourth-order valence-electron chi connectivity index (χ4n) is 3.83. The van der Waals surface area contributed by atoms with Gasteiger partial charge in [0.15, 0.2) is 0 Å². The lowest BCUT2D eigenvalue weighted by molar-refractivity contribution is 0.146. The van der Waals surface area contributed by atoms with Crippen LogP contribution in [0.15, 0.2) is 36.2 Å². The first-order valence-electron chi connectivity index (χ1n) is 9.22. The topological polar surface area (TPSA) is 59.2 Å². The smallest absolute Gasteiger partial charge is 0.280 e. The zero-order valence-electron chi connectivity index (χ0n) is 16.1. The molecule has 0 N–H and O–H groups in total. The first-order valence-corrected chi connectivity index (χ1v) is 9.22. The summed E-state index contributed by atoms with van der Waals surface area (Å²) in [7, 11) is 0. The van der Waals surface area contributed by atoms with Crippen molar-refractivity contribution >= 4 is 5.78 Å². The van der Waals surface area contributed by atoms with Gasteiger partial charge in [-0.05, 0) is 44.5 Å². The minimum absolute atomic E-state index is 0.0533. The molecule has 3 aromatic rings. The molecule has 0 saturated carbocycles. The zero-order valence-corrected chi connectivity index (χ0v) is 16.1. The number of halogens is 2. The largest absolute Gasteiger partial charge is 0.294 e. The maximum atomic E-state index is 13.3. The van der Waals surface area contributed by atoms with Crippen LogP contribution < -0.4 is 0 Å². The van der Waals surface area contributed by atoms with Crippen molar-refractivity contribution in [3.8, 4) is 0 Å². The fraction of sp³-hybridized carbons (Fsp3) is 0.400. The van der Waals surface area contributed by atoms with E-state index in [0.29, 0.717) is 12.2 Å². The van der Waals surface area contributed by atoms with E-state index in [2.05, 4.69) is 43.2 Å². The van der Waals surface area contributed by atoms with E-state index in [4.69, 9.17) is 0 Å². The van der Waals surface area contributed by atoms with E-state index >= 15 is 0 Å². The van der Waals surface area contributed by atoms with Crippen molar-refractivity contribution in [3.05, 3.63) is 64.5 Å². The highest BCUT2D eigenvalue weighted by Gasteiger charge is 2.26. The summed E-state index contributed by atoms with van der Waals surface area (Å²) in [6.45, 7) is 8.32. The van der Waals surface area contributed by atoms with Gasteiger partial charge in [0, 0.05) is 36.9 Å². The van der Waals surface area contributed by atoms with Crippen molar-refractivity contribution < 1.29 is 8.78 Å². The van der Waals surface area contributed by atoms with Crippen molar-refractivity contribution in [2.75, 3.05) is 13.1 Å².